The number of rotatable bonds is 4. The van der Waals surface area contributed by atoms with Gasteiger partial charge in [0.2, 0.25) is 0 Å². The Morgan fingerprint density at radius 1 is 1.47 bits per heavy atom. The SMILES string of the molecule is CCn1c(N)cnc1COc1cccc(Cl)c1. The number of nitrogen functional groups attached to an aromatic ring is 1. The first kappa shape index (κ1) is 11.8. The molecule has 0 spiro atoms. The molecule has 0 radical (unpaired) electrons. The van der Waals surface area contributed by atoms with Crippen LogP contribution in [0.5, 0.6) is 5.75 Å². The van der Waals surface area contributed by atoms with Crippen molar-refractivity contribution in [2.24, 2.45) is 0 Å². The Kier molecular flexibility index (Phi) is 3.54. The molecule has 4 nitrogen and oxygen atoms in total. The molecule has 2 aromatic rings. The zero-order valence-electron chi connectivity index (χ0n) is 9.56. The smallest absolute Gasteiger partial charge is 0.148 e. The molecule has 90 valence electrons. The highest BCUT2D eigenvalue weighted by Gasteiger charge is 2.06. The van der Waals surface area contributed by atoms with Gasteiger partial charge < -0.3 is 15.0 Å². The molecule has 1 aromatic heterocycles. The van der Waals surface area contributed by atoms with Gasteiger partial charge >= 0.3 is 0 Å². The van der Waals surface area contributed by atoms with E-state index in [0.29, 0.717) is 17.4 Å². The molecule has 0 atom stereocenters. The monoisotopic (exact) mass is 251 g/mol. The van der Waals surface area contributed by atoms with E-state index in [1.807, 2.05) is 23.6 Å². The van der Waals surface area contributed by atoms with Crippen LogP contribution in [0.15, 0.2) is 30.5 Å². The van der Waals surface area contributed by atoms with Crippen molar-refractivity contribution in [2.45, 2.75) is 20.1 Å². The lowest BCUT2D eigenvalue weighted by Crippen LogP contribution is -2.08. The van der Waals surface area contributed by atoms with E-state index >= 15 is 0 Å². The average molecular weight is 252 g/mol. The number of imidazole rings is 1. The van der Waals surface area contributed by atoms with Gasteiger partial charge in [0.25, 0.3) is 0 Å². The maximum atomic E-state index is 5.87. The Bertz CT molecular complexity index is 510. The third-order valence-corrected chi connectivity index (χ3v) is 2.68. The lowest BCUT2D eigenvalue weighted by molar-refractivity contribution is 0.290. The topological polar surface area (TPSA) is 53.1 Å². The van der Waals surface area contributed by atoms with Gasteiger partial charge in [-0.05, 0) is 25.1 Å². The van der Waals surface area contributed by atoms with Crippen LogP contribution in [0, 0.1) is 0 Å². The summed E-state index contributed by atoms with van der Waals surface area (Å²) in [6, 6.07) is 7.27. The molecule has 0 fully saturated rings. The van der Waals surface area contributed by atoms with Gasteiger partial charge in [-0.15, -0.1) is 0 Å². The van der Waals surface area contributed by atoms with Crippen LogP contribution in [0.1, 0.15) is 12.7 Å². The van der Waals surface area contributed by atoms with Crippen molar-refractivity contribution in [3.63, 3.8) is 0 Å². The summed E-state index contributed by atoms with van der Waals surface area (Å²) in [4.78, 5) is 4.20. The molecule has 1 heterocycles. The molecule has 0 aliphatic heterocycles. The Labute approximate surface area is 105 Å². The molecule has 0 saturated heterocycles. The number of aromatic nitrogens is 2. The first-order valence-electron chi connectivity index (χ1n) is 5.39. The molecular weight excluding hydrogens is 238 g/mol. The van der Waals surface area contributed by atoms with E-state index in [-0.39, 0.29) is 0 Å². The van der Waals surface area contributed by atoms with Crippen molar-refractivity contribution >= 4 is 17.4 Å². The number of hydrogen-bond acceptors (Lipinski definition) is 3. The summed E-state index contributed by atoms with van der Waals surface area (Å²) >= 11 is 5.87. The third-order valence-electron chi connectivity index (χ3n) is 2.45. The van der Waals surface area contributed by atoms with E-state index in [2.05, 4.69) is 4.98 Å². The molecule has 0 saturated carbocycles. The second kappa shape index (κ2) is 5.10. The van der Waals surface area contributed by atoms with Gasteiger partial charge in [0.1, 0.15) is 24.0 Å². The van der Waals surface area contributed by atoms with Crippen molar-refractivity contribution in [2.75, 3.05) is 5.73 Å². The van der Waals surface area contributed by atoms with E-state index in [4.69, 9.17) is 22.1 Å². The Hall–Kier alpha value is -1.68. The normalized spacial score (nSPS) is 10.5. The lowest BCUT2D eigenvalue weighted by Gasteiger charge is -2.08. The second-order valence-electron chi connectivity index (χ2n) is 3.59. The van der Waals surface area contributed by atoms with Crippen molar-refractivity contribution in [1.29, 1.82) is 0 Å². The van der Waals surface area contributed by atoms with Crippen LogP contribution in [0.4, 0.5) is 5.82 Å². The fourth-order valence-electron chi connectivity index (χ4n) is 1.61. The van der Waals surface area contributed by atoms with Gasteiger partial charge in [-0.2, -0.15) is 0 Å². The largest absolute Gasteiger partial charge is 0.486 e. The fourth-order valence-corrected chi connectivity index (χ4v) is 1.79. The van der Waals surface area contributed by atoms with Crippen LogP contribution >= 0.6 is 11.6 Å². The minimum atomic E-state index is 0.380. The Morgan fingerprint density at radius 2 is 2.29 bits per heavy atom. The van der Waals surface area contributed by atoms with Crippen LogP contribution in [0.25, 0.3) is 0 Å². The molecule has 0 aliphatic rings. The zero-order chi connectivity index (χ0) is 12.3. The summed E-state index contributed by atoms with van der Waals surface area (Å²) in [6.07, 6.45) is 1.64. The van der Waals surface area contributed by atoms with E-state index < -0.39 is 0 Å². The third kappa shape index (κ3) is 2.71. The predicted molar refractivity (Wildman–Crippen MR) is 68.1 cm³/mol. The molecule has 2 N–H and O–H groups in total. The summed E-state index contributed by atoms with van der Waals surface area (Å²) in [5.74, 6) is 2.18. The van der Waals surface area contributed by atoms with Gasteiger partial charge in [-0.1, -0.05) is 17.7 Å². The summed E-state index contributed by atoms with van der Waals surface area (Å²) in [7, 11) is 0. The van der Waals surface area contributed by atoms with E-state index in [1.165, 1.54) is 0 Å². The number of nitrogens with zero attached hydrogens (tertiary/aromatic N) is 2. The first-order valence-corrected chi connectivity index (χ1v) is 5.76. The molecule has 2 rings (SSSR count). The van der Waals surface area contributed by atoms with Gasteiger partial charge in [0.05, 0.1) is 6.20 Å². The molecule has 0 aliphatic carbocycles. The summed E-state index contributed by atoms with van der Waals surface area (Å²) in [6.45, 7) is 3.17. The molecule has 1 aromatic carbocycles. The van der Waals surface area contributed by atoms with Crippen molar-refractivity contribution in [1.82, 2.24) is 9.55 Å². The van der Waals surface area contributed by atoms with E-state index in [0.717, 1.165) is 18.1 Å². The van der Waals surface area contributed by atoms with Gasteiger partial charge in [0, 0.05) is 11.6 Å². The van der Waals surface area contributed by atoms with Crippen LogP contribution in [-0.2, 0) is 13.2 Å². The zero-order valence-corrected chi connectivity index (χ0v) is 10.3. The fraction of sp³-hybridized carbons (Fsp3) is 0.250. The van der Waals surface area contributed by atoms with Crippen LogP contribution in [0.3, 0.4) is 0 Å². The number of benzene rings is 1. The quantitative estimate of drug-likeness (QED) is 0.909. The molecule has 17 heavy (non-hydrogen) atoms. The highest BCUT2D eigenvalue weighted by atomic mass is 35.5. The molecular formula is C12H14ClN3O. The Morgan fingerprint density at radius 3 is 3.00 bits per heavy atom. The number of nitrogens with two attached hydrogens (primary N) is 1. The Balaban J connectivity index is 2.07. The highest BCUT2D eigenvalue weighted by molar-refractivity contribution is 6.30. The van der Waals surface area contributed by atoms with Crippen LogP contribution < -0.4 is 10.5 Å². The molecule has 0 unspecified atom stereocenters. The number of ether oxygens (including phenoxy) is 1. The standard InChI is InChI=1S/C12H14ClN3O/c1-2-16-11(14)7-15-12(16)8-17-10-5-3-4-9(13)6-10/h3-7H,2,8,14H2,1H3. The number of halogens is 1. The molecule has 5 heteroatoms. The van der Waals surface area contributed by atoms with Crippen molar-refractivity contribution in [3.05, 3.63) is 41.3 Å². The second-order valence-corrected chi connectivity index (χ2v) is 4.03. The summed E-state index contributed by atoms with van der Waals surface area (Å²) < 4.78 is 7.51. The maximum Gasteiger partial charge on any atom is 0.148 e. The summed E-state index contributed by atoms with van der Waals surface area (Å²) in [5, 5.41) is 0.654. The van der Waals surface area contributed by atoms with Crippen LogP contribution in [-0.4, -0.2) is 9.55 Å². The molecule has 0 amide bonds. The summed E-state index contributed by atoms with van der Waals surface area (Å²) in [5.41, 5.74) is 5.77. The predicted octanol–water partition coefficient (Wildman–Crippen LogP) is 2.72. The lowest BCUT2D eigenvalue weighted by atomic mass is 10.3. The van der Waals surface area contributed by atoms with E-state index in [1.54, 1.807) is 18.3 Å². The number of anilines is 1. The highest BCUT2D eigenvalue weighted by Crippen LogP contribution is 2.18. The first-order chi connectivity index (χ1) is 8.20. The number of hydrogen-bond donors (Lipinski definition) is 1. The van der Waals surface area contributed by atoms with Crippen molar-refractivity contribution < 1.29 is 4.74 Å². The van der Waals surface area contributed by atoms with Crippen LogP contribution in [0.2, 0.25) is 5.02 Å². The minimum Gasteiger partial charge on any atom is -0.486 e. The minimum absolute atomic E-state index is 0.380. The maximum absolute atomic E-state index is 5.87. The molecule has 0 bridgehead atoms. The average Bonchev–Trinajstić information content (AvgIpc) is 2.67. The van der Waals surface area contributed by atoms with Gasteiger partial charge in [-0.25, -0.2) is 4.98 Å². The van der Waals surface area contributed by atoms with Crippen molar-refractivity contribution in [3.8, 4) is 5.75 Å². The van der Waals surface area contributed by atoms with E-state index in [9.17, 15) is 0 Å². The van der Waals surface area contributed by atoms with Gasteiger partial charge in [0.15, 0.2) is 0 Å². The van der Waals surface area contributed by atoms with Gasteiger partial charge in [-0.3, -0.25) is 0 Å².